The number of nitrogens with zero attached hydrogens (tertiary/aromatic N) is 1. The number of ether oxygens (including phenoxy) is 3. The minimum absolute atomic E-state index is 0.0516. The van der Waals surface area contributed by atoms with E-state index in [4.69, 9.17) is 4.74 Å². The molecule has 1 saturated heterocycles. The Morgan fingerprint density at radius 3 is 2.39 bits per heavy atom. The van der Waals surface area contributed by atoms with E-state index in [1.165, 1.54) is 6.92 Å². The van der Waals surface area contributed by atoms with Crippen molar-refractivity contribution in [3.8, 4) is 0 Å². The quantitative estimate of drug-likeness (QED) is 0.379. The largest absolute Gasteiger partial charge is 0.469 e. The second-order valence-electron chi connectivity index (χ2n) is 6.86. The van der Waals surface area contributed by atoms with Crippen LogP contribution in [0.2, 0.25) is 0 Å². The maximum absolute atomic E-state index is 13.8. The van der Waals surface area contributed by atoms with Crippen LogP contribution in [0.25, 0.3) is 0 Å². The molecule has 2 atom stereocenters. The second kappa shape index (κ2) is 10.8. The summed E-state index contributed by atoms with van der Waals surface area (Å²) in [7, 11) is 1.16. The third kappa shape index (κ3) is 6.73. The van der Waals surface area contributed by atoms with Crippen LogP contribution in [0.1, 0.15) is 25.3 Å². The average Bonchev–Trinajstić information content (AvgIpc) is 2.75. The lowest BCUT2D eigenvalue weighted by atomic mass is 9.88. The molecule has 1 aromatic carbocycles. The van der Waals surface area contributed by atoms with Crippen LogP contribution in [-0.2, 0) is 30.4 Å². The molecule has 0 bridgehead atoms. The molecule has 1 aliphatic heterocycles. The van der Waals surface area contributed by atoms with Gasteiger partial charge in [-0.1, -0.05) is 30.3 Å². The Kier molecular flexibility index (Phi) is 8.47. The van der Waals surface area contributed by atoms with E-state index in [9.17, 15) is 27.6 Å². The van der Waals surface area contributed by atoms with E-state index in [1.54, 1.807) is 30.3 Å². The van der Waals surface area contributed by atoms with E-state index >= 15 is 0 Å². The number of hydrogen-bond acceptors (Lipinski definition) is 6. The van der Waals surface area contributed by atoms with Crippen molar-refractivity contribution in [3.05, 3.63) is 47.5 Å². The molecule has 0 spiro atoms. The number of benzene rings is 1. The van der Waals surface area contributed by atoms with Crippen LogP contribution in [0.15, 0.2) is 42.0 Å². The van der Waals surface area contributed by atoms with Gasteiger partial charge in [0.1, 0.15) is 6.61 Å². The Morgan fingerprint density at radius 2 is 1.81 bits per heavy atom. The van der Waals surface area contributed by atoms with Crippen molar-refractivity contribution >= 4 is 18.0 Å². The zero-order chi connectivity index (χ0) is 23.0. The van der Waals surface area contributed by atoms with E-state index in [-0.39, 0.29) is 32.6 Å². The summed E-state index contributed by atoms with van der Waals surface area (Å²) >= 11 is 0. The van der Waals surface area contributed by atoms with E-state index in [0.717, 1.165) is 12.0 Å². The third-order valence-electron chi connectivity index (χ3n) is 4.80. The van der Waals surface area contributed by atoms with Crippen molar-refractivity contribution in [3.63, 3.8) is 0 Å². The number of halogens is 3. The van der Waals surface area contributed by atoms with Crippen molar-refractivity contribution in [1.82, 2.24) is 4.90 Å². The number of methoxy groups -OCH3 is 1. The Bertz CT molecular complexity index is 809. The van der Waals surface area contributed by atoms with E-state index in [0.29, 0.717) is 11.6 Å². The summed E-state index contributed by atoms with van der Waals surface area (Å²) in [6, 6.07) is 7.10. The molecule has 0 aliphatic carbocycles. The van der Waals surface area contributed by atoms with Crippen LogP contribution < -0.4 is 0 Å². The van der Waals surface area contributed by atoms with Gasteiger partial charge in [-0.3, -0.25) is 4.79 Å². The van der Waals surface area contributed by atoms with E-state index < -0.39 is 41.7 Å². The summed E-state index contributed by atoms with van der Waals surface area (Å²) in [6.07, 6.45) is -5.72. The molecular weight excluding hydrogens is 419 g/mol. The fraction of sp³-hybridized carbons (Fsp3) is 0.476. The first-order chi connectivity index (χ1) is 14.7. The van der Waals surface area contributed by atoms with Crippen LogP contribution >= 0.6 is 0 Å². The molecule has 170 valence electrons. The molecule has 2 rings (SSSR count). The fourth-order valence-corrected chi connectivity index (χ4v) is 3.34. The molecule has 1 aliphatic rings. The van der Waals surface area contributed by atoms with E-state index in [2.05, 4.69) is 9.47 Å². The lowest BCUT2D eigenvalue weighted by Gasteiger charge is -2.39. The Morgan fingerprint density at radius 1 is 1.13 bits per heavy atom. The number of carbonyl (C=O) groups excluding carboxylic acids is 3. The summed E-state index contributed by atoms with van der Waals surface area (Å²) in [5.74, 6) is -2.60. The van der Waals surface area contributed by atoms with E-state index in [1.807, 2.05) is 0 Å². The first kappa shape index (κ1) is 24.2. The number of alkyl halides is 3. The SMILES string of the molecule is CCOC(=O)/C=C(/[C@@H]1CC[C@@H](C(=O)OC)CN1C(=O)OCc1ccccc1)C(F)(F)F. The molecule has 0 unspecified atom stereocenters. The van der Waals surface area contributed by atoms with Gasteiger partial charge in [0.25, 0.3) is 0 Å². The average molecular weight is 443 g/mol. The fourth-order valence-electron chi connectivity index (χ4n) is 3.34. The zero-order valence-corrected chi connectivity index (χ0v) is 17.2. The van der Waals surface area contributed by atoms with Gasteiger partial charge in [-0.15, -0.1) is 0 Å². The van der Waals surface area contributed by atoms with Crippen molar-refractivity contribution in [1.29, 1.82) is 0 Å². The molecule has 0 radical (unpaired) electrons. The predicted octanol–water partition coefficient (Wildman–Crippen LogP) is 3.63. The standard InChI is InChI=1S/C21H24F3NO6/c1-3-30-18(26)11-16(21(22,23)24)17-10-9-15(19(27)29-2)12-25(17)20(28)31-13-14-7-5-4-6-8-14/h4-8,11,15,17H,3,9-10,12-13H2,1-2H3/b16-11-/t15-,17+/m1/s1. The zero-order valence-electron chi connectivity index (χ0n) is 17.2. The van der Waals surface area contributed by atoms with Gasteiger partial charge in [0.2, 0.25) is 0 Å². The van der Waals surface area contributed by atoms with Crippen LogP contribution in [0, 0.1) is 5.92 Å². The van der Waals surface area contributed by atoms with Gasteiger partial charge < -0.3 is 19.1 Å². The number of likely N-dealkylation sites (tertiary alicyclic amines) is 1. The van der Waals surface area contributed by atoms with Crippen LogP contribution in [0.5, 0.6) is 0 Å². The number of esters is 2. The van der Waals surface area contributed by atoms with Crippen molar-refractivity contribution in [2.75, 3.05) is 20.3 Å². The molecule has 7 nitrogen and oxygen atoms in total. The highest BCUT2D eigenvalue weighted by atomic mass is 19.4. The second-order valence-corrected chi connectivity index (χ2v) is 6.86. The number of piperidine rings is 1. The summed E-state index contributed by atoms with van der Waals surface area (Å²) < 4.78 is 55.8. The van der Waals surface area contributed by atoms with Gasteiger partial charge in [-0.2, -0.15) is 13.2 Å². The highest BCUT2D eigenvalue weighted by molar-refractivity contribution is 5.83. The van der Waals surface area contributed by atoms with Gasteiger partial charge in [-0.25, -0.2) is 9.59 Å². The lowest BCUT2D eigenvalue weighted by Crippen LogP contribution is -2.51. The minimum Gasteiger partial charge on any atom is -0.469 e. The van der Waals surface area contributed by atoms with Crippen LogP contribution in [0.4, 0.5) is 18.0 Å². The number of carbonyl (C=O) groups is 3. The smallest absolute Gasteiger partial charge is 0.414 e. The monoisotopic (exact) mass is 443 g/mol. The number of rotatable bonds is 6. The van der Waals surface area contributed by atoms with Gasteiger partial charge in [0.05, 0.1) is 31.2 Å². The van der Waals surface area contributed by atoms with Gasteiger partial charge in [0, 0.05) is 12.6 Å². The first-order valence-corrected chi connectivity index (χ1v) is 9.68. The molecule has 0 N–H and O–H groups in total. The van der Waals surface area contributed by atoms with Gasteiger partial charge in [0.15, 0.2) is 0 Å². The Balaban J connectivity index is 2.31. The minimum atomic E-state index is -4.90. The third-order valence-corrected chi connectivity index (χ3v) is 4.80. The molecule has 0 saturated carbocycles. The molecule has 1 amide bonds. The summed E-state index contributed by atoms with van der Waals surface area (Å²) in [6.45, 7) is 0.877. The Labute approximate surface area is 177 Å². The van der Waals surface area contributed by atoms with Crippen molar-refractivity contribution in [2.24, 2.45) is 5.92 Å². The highest BCUT2D eigenvalue weighted by Crippen LogP contribution is 2.36. The predicted molar refractivity (Wildman–Crippen MR) is 103 cm³/mol. The first-order valence-electron chi connectivity index (χ1n) is 9.68. The number of amides is 1. The molecule has 1 fully saturated rings. The Hall–Kier alpha value is -3.04. The van der Waals surface area contributed by atoms with Gasteiger partial charge >= 0.3 is 24.2 Å². The van der Waals surface area contributed by atoms with Crippen LogP contribution in [-0.4, -0.2) is 55.4 Å². The topological polar surface area (TPSA) is 82.1 Å². The van der Waals surface area contributed by atoms with Crippen molar-refractivity contribution < 1.29 is 41.8 Å². The van der Waals surface area contributed by atoms with Crippen molar-refractivity contribution in [2.45, 2.75) is 38.6 Å². The molecular formula is C21H24F3NO6. The maximum atomic E-state index is 13.8. The maximum Gasteiger partial charge on any atom is 0.414 e. The van der Waals surface area contributed by atoms with Crippen LogP contribution in [0.3, 0.4) is 0 Å². The lowest BCUT2D eigenvalue weighted by molar-refractivity contribution is -0.148. The normalized spacial score (nSPS) is 19.5. The summed E-state index contributed by atoms with van der Waals surface area (Å²) in [5, 5.41) is 0. The highest BCUT2D eigenvalue weighted by Gasteiger charge is 2.46. The molecule has 1 heterocycles. The number of hydrogen-bond donors (Lipinski definition) is 0. The van der Waals surface area contributed by atoms with Gasteiger partial charge in [-0.05, 0) is 25.3 Å². The molecule has 10 heteroatoms. The summed E-state index contributed by atoms with van der Waals surface area (Å²) in [5.41, 5.74) is -0.585. The molecule has 1 aromatic rings. The summed E-state index contributed by atoms with van der Waals surface area (Å²) in [4.78, 5) is 37.2. The molecule has 0 aromatic heterocycles. The molecule has 31 heavy (non-hydrogen) atoms.